The van der Waals surface area contributed by atoms with Crippen molar-refractivity contribution in [1.29, 1.82) is 0 Å². The van der Waals surface area contributed by atoms with E-state index < -0.39 is 0 Å². The Morgan fingerprint density at radius 2 is 1.79 bits per heavy atom. The second-order valence-electron chi connectivity index (χ2n) is 6.48. The van der Waals surface area contributed by atoms with E-state index in [1.165, 1.54) is 17.9 Å². The standard InChI is InChI=1S/C22H27N3O3Si/c1-14-9-7-11-18(21(25-27-5)22(26)23-4)19(14)13-28-24-16(3)17-10-8-12-20(29-6)15(17)2/h7-12H,13H2,1-6H3,(H,23,26)/b24-16+,25-21+. The fourth-order valence-electron chi connectivity index (χ4n) is 3.08. The van der Waals surface area contributed by atoms with Gasteiger partial charge in [0.1, 0.15) is 13.7 Å². The van der Waals surface area contributed by atoms with Gasteiger partial charge in [-0.1, -0.05) is 58.4 Å². The van der Waals surface area contributed by atoms with Crippen molar-refractivity contribution in [3.8, 4) is 0 Å². The molecule has 2 rings (SSSR count). The van der Waals surface area contributed by atoms with Crippen LogP contribution >= 0.6 is 0 Å². The highest BCUT2D eigenvalue weighted by Crippen LogP contribution is 2.18. The van der Waals surface area contributed by atoms with Gasteiger partial charge in [-0.25, -0.2) is 0 Å². The summed E-state index contributed by atoms with van der Waals surface area (Å²) in [6, 6.07) is 11.9. The van der Waals surface area contributed by atoms with E-state index in [-0.39, 0.29) is 18.2 Å². The first kappa shape index (κ1) is 22.4. The minimum Gasteiger partial charge on any atom is -0.398 e. The Labute approximate surface area is 174 Å². The predicted molar refractivity (Wildman–Crippen MR) is 118 cm³/mol. The maximum absolute atomic E-state index is 12.2. The van der Waals surface area contributed by atoms with E-state index >= 15 is 0 Å². The van der Waals surface area contributed by atoms with Gasteiger partial charge in [-0.2, -0.15) is 0 Å². The molecule has 2 radical (unpaired) electrons. The monoisotopic (exact) mass is 409 g/mol. The molecule has 1 amide bonds. The van der Waals surface area contributed by atoms with Crippen LogP contribution in [0.1, 0.15) is 34.7 Å². The van der Waals surface area contributed by atoms with E-state index in [1.807, 2.05) is 38.1 Å². The number of carbonyl (C=O) groups is 1. The first-order valence-electron chi connectivity index (χ1n) is 9.30. The van der Waals surface area contributed by atoms with Gasteiger partial charge in [-0.3, -0.25) is 4.79 Å². The lowest BCUT2D eigenvalue weighted by atomic mass is 9.98. The van der Waals surface area contributed by atoms with Gasteiger partial charge in [0.15, 0.2) is 5.71 Å². The van der Waals surface area contributed by atoms with Gasteiger partial charge < -0.3 is 15.0 Å². The van der Waals surface area contributed by atoms with Crippen molar-refractivity contribution in [3.63, 3.8) is 0 Å². The van der Waals surface area contributed by atoms with Crippen LogP contribution in [-0.2, 0) is 21.1 Å². The molecule has 0 fully saturated rings. The fourth-order valence-corrected chi connectivity index (χ4v) is 3.85. The number of carbonyl (C=O) groups excluding carboxylic acids is 1. The van der Waals surface area contributed by atoms with E-state index in [9.17, 15) is 4.79 Å². The maximum Gasteiger partial charge on any atom is 0.273 e. The number of likely N-dealkylation sites (N-methyl/N-ethyl adjacent to an activating group) is 1. The van der Waals surface area contributed by atoms with Crippen molar-refractivity contribution in [2.24, 2.45) is 10.3 Å². The summed E-state index contributed by atoms with van der Waals surface area (Å²) in [4.78, 5) is 22.8. The number of amides is 1. The zero-order valence-electron chi connectivity index (χ0n) is 17.8. The van der Waals surface area contributed by atoms with Crippen LogP contribution in [0.5, 0.6) is 0 Å². The number of hydrogen-bond acceptors (Lipinski definition) is 5. The van der Waals surface area contributed by atoms with E-state index in [0.29, 0.717) is 5.56 Å². The first-order chi connectivity index (χ1) is 13.9. The minimum absolute atomic E-state index is 0.200. The highest BCUT2D eigenvalue weighted by Gasteiger charge is 2.19. The molecule has 0 spiro atoms. The van der Waals surface area contributed by atoms with Crippen LogP contribution in [0.4, 0.5) is 0 Å². The number of aryl methyl sites for hydroxylation is 1. The van der Waals surface area contributed by atoms with Gasteiger partial charge in [0.05, 0.1) is 15.2 Å². The molecule has 0 aliphatic carbocycles. The maximum atomic E-state index is 12.2. The smallest absolute Gasteiger partial charge is 0.273 e. The highest BCUT2D eigenvalue weighted by molar-refractivity contribution is 6.52. The Hall–Kier alpha value is -2.93. The van der Waals surface area contributed by atoms with Crippen molar-refractivity contribution in [2.75, 3.05) is 14.2 Å². The van der Waals surface area contributed by atoms with Gasteiger partial charge in [0.2, 0.25) is 0 Å². The van der Waals surface area contributed by atoms with E-state index in [1.54, 1.807) is 7.05 Å². The Balaban J connectivity index is 2.31. The Bertz CT molecular complexity index is 939. The van der Waals surface area contributed by atoms with E-state index in [2.05, 4.69) is 41.2 Å². The van der Waals surface area contributed by atoms with E-state index in [0.717, 1.165) is 31.9 Å². The summed E-state index contributed by atoms with van der Waals surface area (Å²) in [5.74, 6) is -0.328. The summed E-state index contributed by atoms with van der Waals surface area (Å²) >= 11 is 0. The van der Waals surface area contributed by atoms with Gasteiger partial charge >= 0.3 is 0 Å². The zero-order valence-corrected chi connectivity index (χ0v) is 18.8. The summed E-state index contributed by atoms with van der Waals surface area (Å²) < 4.78 is 0. The Morgan fingerprint density at radius 1 is 1.10 bits per heavy atom. The molecule has 0 heterocycles. The summed E-state index contributed by atoms with van der Waals surface area (Å²) in [6.45, 7) is 8.39. The molecule has 2 aromatic carbocycles. The van der Waals surface area contributed by atoms with Crippen molar-refractivity contribution in [3.05, 3.63) is 64.2 Å². The molecule has 0 bridgehead atoms. The van der Waals surface area contributed by atoms with Crippen LogP contribution < -0.4 is 10.5 Å². The molecular formula is C22H27N3O3Si. The molecule has 29 heavy (non-hydrogen) atoms. The normalized spacial score (nSPS) is 11.9. The van der Waals surface area contributed by atoms with Crippen molar-refractivity contribution in [2.45, 2.75) is 33.9 Å². The van der Waals surface area contributed by atoms with Crippen LogP contribution in [0.2, 0.25) is 6.55 Å². The molecule has 1 N–H and O–H groups in total. The molecule has 0 aliphatic rings. The SMILES string of the molecule is CNC(=O)/C(=N/OC)c1cccc(C)c1CO/N=C(\C)c1cccc([Si]C)c1C. The second kappa shape index (κ2) is 10.6. The summed E-state index contributed by atoms with van der Waals surface area (Å²) in [5, 5.41) is 12.1. The number of benzene rings is 2. The van der Waals surface area contributed by atoms with Gasteiger partial charge in [0, 0.05) is 23.7 Å². The molecule has 2 aromatic rings. The highest BCUT2D eigenvalue weighted by atomic mass is 28.2. The Kier molecular flexibility index (Phi) is 8.15. The van der Waals surface area contributed by atoms with E-state index in [4.69, 9.17) is 9.68 Å². The molecule has 0 atom stereocenters. The lowest BCUT2D eigenvalue weighted by Gasteiger charge is -2.13. The van der Waals surface area contributed by atoms with Crippen molar-refractivity contribution < 1.29 is 14.5 Å². The third kappa shape index (κ3) is 5.32. The lowest BCUT2D eigenvalue weighted by molar-refractivity contribution is -0.114. The molecule has 152 valence electrons. The number of hydrogen-bond donors (Lipinski definition) is 1. The predicted octanol–water partition coefficient (Wildman–Crippen LogP) is 2.72. The Morgan fingerprint density at radius 3 is 2.45 bits per heavy atom. The molecular weight excluding hydrogens is 382 g/mol. The minimum atomic E-state index is -0.328. The average molecular weight is 410 g/mol. The molecule has 0 saturated carbocycles. The van der Waals surface area contributed by atoms with Crippen molar-refractivity contribution in [1.82, 2.24) is 5.32 Å². The molecule has 0 aliphatic heterocycles. The van der Waals surface area contributed by atoms with Crippen LogP contribution in [0, 0.1) is 13.8 Å². The third-order valence-electron chi connectivity index (χ3n) is 4.69. The summed E-state index contributed by atoms with van der Waals surface area (Å²) in [7, 11) is 3.70. The molecule has 0 saturated heterocycles. The number of oxime groups is 2. The average Bonchev–Trinajstić information content (AvgIpc) is 2.72. The quantitative estimate of drug-likeness (QED) is 0.414. The molecule has 6 nitrogen and oxygen atoms in total. The van der Waals surface area contributed by atoms with Crippen LogP contribution in [0.25, 0.3) is 0 Å². The fraction of sp³-hybridized carbons (Fsp3) is 0.318. The second-order valence-corrected chi connectivity index (χ2v) is 7.52. The lowest BCUT2D eigenvalue weighted by Crippen LogP contribution is -2.29. The first-order valence-corrected chi connectivity index (χ1v) is 10.8. The zero-order chi connectivity index (χ0) is 21.4. The summed E-state index contributed by atoms with van der Waals surface area (Å²) in [5.41, 5.74) is 5.79. The molecule has 0 aromatic heterocycles. The van der Waals surface area contributed by atoms with Crippen LogP contribution in [0.3, 0.4) is 0 Å². The van der Waals surface area contributed by atoms with Gasteiger partial charge in [0.25, 0.3) is 5.91 Å². The van der Waals surface area contributed by atoms with Crippen molar-refractivity contribution >= 4 is 32.0 Å². The molecule has 7 heteroatoms. The largest absolute Gasteiger partial charge is 0.398 e. The van der Waals surface area contributed by atoms with Gasteiger partial charge in [-0.15, -0.1) is 0 Å². The molecule has 0 unspecified atom stereocenters. The topological polar surface area (TPSA) is 72.3 Å². The van der Waals surface area contributed by atoms with Crippen LogP contribution in [-0.4, -0.2) is 41.0 Å². The van der Waals surface area contributed by atoms with Gasteiger partial charge in [-0.05, 0) is 31.9 Å². The number of nitrogens with one attached hydrogen (secondary N) is 1. The summed E-state index contributed by atoms with van der Waals surface area (Å²) in [6.07, 6.45) is 0. The third-order valence-corrected chi connectivity index (χ3v) is 5.77. The number of nitrogens with zero attached hydrogens (tertiary/aromatic N) is 2. The van der Waals surface area contributed by atoms with Crippen LogP contribution in [0.15, 0.2) is 46.7 Å². The number of rotatable bonds is 8.